The molecule has 154 valence electrons. The number of thioether (sulfide) groups is 1. The molecule has 0 spiro atoms. The number of methoxy groups -OCH3 is 1. The maximum absolute atomic E-state index is 5.31. The van der Waals surface area contributed by atoms with Crippen molar-refractivity contribution in [2.45, 2.75) is 10.9 Å². The Morgan fingerprint density at radius 3 is 2.52 bits per heavy atom. The number of nitrogens with one attached hydrogen (secondary N) is 1. The second-order valence-corrected chi connectivity index (χ2v) is 8.64. The van der Waals surface area contributed by atoms with E-state index in [2.05, 4.69) is 33.5 Å². The lowest BCUT2D eigenvalue weighted by Gasteiger charge is -2.09. The molecule has 5 rings (SSSR count). The van der Waals surface area contributed by atoms with E-state index in [0.717, 1.165) is 49.9 Å². The number of ether oxygens (including phenoxy) is 1. The lowest BCUT2D eigenvalue weighted by atomic mass is 10.2. The van der Waals surface area contributed by atoms with E-state index in [9.17, 15) is 0 Å². The second-order valence-electron chi connectivity index (χ2n) is 6.84. The molecule has 7 heteroatoms. The van der Waals surface area contributed by atoms with E-state index in [1.807, 2.05) is 60.7 Å². The first-order chi connectivity index (χ1) is 15.3. The number of thiazole rings is 1. The average molecular weight is 445 g/mol. The molecular formula is C24H20N4OS2. The van der Waals surface area contributed by atoms with Crippen LogP contribution < -0.4 is 10.1 Å². The fourth-order valence-electron chi connectivity index (χ4n) is 3.30. The van der Waals surface area contributed by atoms with E-state index >= 15 is 0 Å². The van der Waals surface area contributed by atoms with Crippen molar-refractivity contribution in [3.63, 3.8) is 0 Å². The number of rotatable bonds is 7. The summed E-state index contributed by atoms with van der Waals surface area (Å²) >= 11 is 3.30. The first-order valence-corrected chi connectivity index (χ1v) is 11.7. The van der Waals surface area contributed by atoms with Gasteiger partial charge >= 0.3 is 0 Å². The molecular weight excluding hydrogens is 424 g/mol. The Hall–Kier alpha value is -3.29. The van der Waals surface area contributed by atoms with E-state index in [0.29, 0.717) is 0 Å². The van der Waals surface area contributed by atoms with Crippen LogP contribution in [-0.4, -0.2) is 21.6 Å². The van der Waals surface area contributed by atoms with Gasteiger partial charge in [-0.1, -0.05) is 42.1 Å². The van der Waals surface area contributed by atoms with E-state index in [1.54, 1.807) is 30.2 Å². The van der Waals surface area contributed by atoms with Crippen molar-refractivity contribution in [3.8, 4) is 11.4 Å². The van der Waals surface area contributed by atoms with Crippen LogP contribution in [0.1, 0.15) is 5.69 Å². The molecule has 2 heterocycles. The molecule has 0 aliphatic heterocycles. The van der Waals surface area contributed by atoms with Crippen LogP contribution in [0.3, 0.4) is 0 Å². The summed E-state index contributed by atoms with van der Waals surface area (Å²) in [7, 11) is 1.68. The number of fused-ring (bicyclic) bond motifs is 1. The maximum Gasteiger partial charge on any atom is 0.187 e. The number of benzene rings is 3. The van der Waals surface area contributed by atoms with Crippen LogP contribution >= 0.6 is 23.1 Å². The zero-order chi connectivity index (χ0) is 21.0. The third kappa shape index (κ3) is 4.28. The van der Waals surface area contributed by atoms with Crippen LogP contribution in [0.25, 0.3) is 16.7 Å². The number of nitrogens with zero attached hydrogens (tertiary/aromatic N) is 3. The number of imidazole rings is 1. The van der Waals surface area contributed by atoms with E-state index < -0.39 is 0 Å². The minimum Gasteiger partial charge on any atom is -0.497 e. The number of anilines is 2. The third-order valence-corrected chi connectivity index (χ3v) is 6.57. The van der Waals surface area contributed by atoms with Crippen molar-refractivity contribution in [2.75, 3.05) is 12.4 Å². The largest absolute Gasteiger partial charge is 0.497 e. The Balaban J connectivity index is 1.39. The molecule has 5 nitrogen and oxygen atoms in total. The number of hydrogen-bond acceptors (Lipinski definition) is 6. The molecule has 1 N–H and O–H groups in total. The monoisotopic (exact) mass is 444 g/mol. The minimum atomic E-state index is 0.743. The van der Waals surface area contributed by atoms with Gasteiger partial charge in [-0.05, 0) is 48.5 Å². The molecule has 3 aromatic carbocycles. The minimum absolute atomic E-state index is 0.743. The molecule has 0 amide bonds. The molecule has 0 radical (unpaired) electrons. The van der Waals surface area contributed by atoms with Gasteiger partial charge in [0.2, 0.25) is 0 Å². The molecule has 31 heavy (non-hydrogen) atoms. The van der Waals surface area contributed by atoms with Crippen LogP contribution in [0, 0.1) is 0 Å². The topological polar surface area (TPSA) is 52.0 Å². The van der Waals surface area contributed by atoms with Crippen molar-refractivity contribution in [3.05, 3.63) is 89.9 Å². The van der Waals surface area contributed by atoms with Gasteiger partial charge in [-0.15, -0.1) is 11.3 Å². The quantitative estimate of drug-likeness (QED) is 0.289. The Labute approximate surface area is 188 Å². The van der Waals surface area contributed by atoms with Crippen molar-refractivity contribution >= 4 is 45.0 Å². The molecule has 0 atom stereocenters. The summed E-state index contributed by atoms with van der Waals surface area (Å²) in [6, 6.07) is 26.4. The molecule has 0 aliphatic carbocycles. The summed E-state index contributed by atoms with van der Waals surface area (Å²) in [5, 5.41) is 7.29. The predicted molar refractivity (Wildman–Crippen MR) is 129 cm³/mol. The first-order valence-electron chi connectivity index (χ1n) is 9.81. The van der Waals surface area contributed by atoms with Gasteiger partial charge in [0.25, 0.3) is 0 Å². The molecule has 5 aromatic rings. The van der Waals surface area contributed by atoms with Gasteiger partial charge in [0.15, 0.2) is 10.3 Å². The van der Waals surface area contributed by atoms with Crippen LogP contribution in [0.2, 0.25) is 0 Å². The normalized spacial score (nSPS) is 11.0. The first kappa shape index (κ1) is 19.7. The third-order valence-electron chi connectivity index (χ3n) is 4.79. The fourth-order valence-corrected chi connectivity index (χ4v) is 5.05. The molecule has 0 aliphatic rings. The van der Waals surface area contributed by atoms with Gasteiger partial charge in [-0.3, -0.25) is 4.57 Å². The van der Waals surface area contributed by atoms with Crippen molar-refractivity contribution in [1.29, 1.82) is 0 Å². The SMILES string of the molecule is COc1ccc(-n2c(SCc3csc(Nc4ccccc4)n3)nc3ccccc32)cc1. The summed E-state index contributed by atoms with van der Waals surface area (Å²) < 4.78 is 7.50. The summed E-state index contributed by atoms with van der Waals surface area (Å²) in [5.74, 6) is 1.58. The summed E-state index contributed by atoms with van der Waals surface area (Å²) in [6.45, 7) is 0. The Morgan fingerprint density at radius 1 is 0.935 bits per heavy atom. The van der Waals surface area contributed by atoms with Gasteiger partial charge in [0, 0.05) is 22.5 Å². The van der Waals surface area contributed by atoms with Crippen LogP contribution in [0.5, 0.6) is 5.75 Å². The zero-order valence-corrected chi connectivity index (χ0v) is 18.5. The highest BCUT2D eigenvalue weighted by Gasteiger charge is 2.14. The highest BCUT2D eigenvalue weighted by Crippen LogP contribution is 2.31. The Bertz CT molecular complexity index is 1300. The average Bonchev–Trinajstić information content (AvgIpc) is 3.42. The molecule has 0 unspecified atom stereocenters. The second kappa shape index (κ2) is 8.83. The molecule has 2 aromatic heterocycles. The van der Waals surface area contributed by atoms with E-state index in [-0.39, 0.29) is 0 Å². The molecule has 0 saturated carbocycles. The van der Waals surface area contributed by atoms with Crippen LogP contribution in [0.15, 0.2) is 89.4 Å². The van der Waals surface area contributed by atoms with Crippen LogP contribution in [0.4, 0.5) is 10.8 Å². The molecule has 0 fully saturated rings. The number of aromatic nitrogens is 3. The highest BCUT2D eigenvalue weighted by atomic mass is 32.2. The predicted octanol–water partition coefficient (Wildman–Crippen LogP) is 6.53. The highest BCUT2D eigenvalue weighted by molar-refractivity contribution is 7.98. The maximum atomic E-state index is 5.31. The smallest absolute Gasteiger partial charge is 0.187 e. The Morgan fingerprint density at radius 2 is 1.71 bits per heavy atom. The van der Waals surface area contributed by atoms with Gasteiger partial charge in [0.05, 0.1) is 23.8 Å². The summed E-state index contributed by atoms with van der Waals surface area (Å²) in [4.78, 5) is 9.61. The van der Waals surface area contributed by atoms with Crippen LogP contribution in [-0.2, 0) is 5.75 Å². The van der Waals surface area contributed by atoms with Gasteiger partial charge in [-0.2, -0.15) is 0 Å². The summed E-state index contributed by atoms with van der Waals surface area (Å²) in [6.07, 6.45) is 0. The lowest BCUT2D eigenvalue weighted by molar-refractivity contribution is 0.414. The number of hydrogen-bond donors (Lipinski definition) is 1. The van der Waals surface area contributed by atoms with Crippen molar-refractivity contribution in [2.24, 2.45) is 0 Å². The summed E-state index contributed by atoms with van der Waals surface area (Å²) in [5.41, 5.74) is 5.19. The fraction of sp³-hybridized carbons (Fsp3) is 0.0833. The van der Waals surface area contributed by atoms with Crippen molar-refractivity contribution < 1.29 is 4.74 Å². The Kier molecular flexibility index (Phi) is 5.60. The lowest BCUT2D eigenvalue weighted by Crippen LogP contribution is -1.97. The number of para-hydroxylation sites is 3. The van der Waals surface area contributed by atoms with Crippen molar-refractivity contribution in [1.82, 2.24) is 14.5 Å². The van der Waals surface area contributed by atoms with Gasteiger partial charge in [-0.25, -0.2) is 9.97 Å². The molecule has 0 saturated heterocycles. The van der Waals surface area contributed by atoms with Gasteiger partial charge in [0.1, 0.15) is 5.75 Å². The zero-order valence-electron chi connectivity index (χ0n) is 16.9. The standard InChI is InChI=1S/C24H20N4OS2/c1-29-20-13-11-19(12-14-20)28-22-10-6-5-9-21(22)27-24(28)31-16-18-15-30-23(26-18)25-17-7-3-2-4-8-17/h2-15H,16H2,1H3,(H,25,26). The van der Waals surface area contributed by atoms with E-state index in [4.69, 9.17) is 14.7 Å². The van der Waals surface area contributed by atoms with E-state index in [1.165, 1.54) is 0 Å². The molecule has 0 bridgehead atoms. The van der Waals surface area contributed by atoms with Gasteiger partial charge < -0.3 is 10.1 Å².